The van der Waals surface area contributed by atoms with Crippen LogP contribution in [0.4, 0.5) is 0 Å². The first kappa shape index (κ1) is 16.9. The van der Waals surface area contributed by atoms with Gasteiger partial charge < -0.3 is 5.32 Å². The van der Waals surface area contributed by atoms with Gasteiger partial charge in [-0.05, 0) is 38.6 Å². The third kappa shape index (κ3) is 6.41. The summed E-state index contributed by atoms with van der Waals surface area (Å²) < 4.78 is 24.3. The molecule has 0 aliphatic heterocycles. The number of hydrogen-bond donors (Lipinski definition) is 1. The van der Waals surface area contributed by atoms with E-state index in [9.17, 15) is 8.42 Å². The summed E-state index contributed by atoms with van der Waals surface area (Å²) in [5.74, 6) is 0.761. The highest BCUT2D eigenvalue weighted by atomic mass is 32.2. The Bertz CT molecular complexity index is 286. The van der Waals surface area contributed by atoms with Gasteiger partial charge in [-0.1, -0.05) is 27.7 Å². The van der Waals surface area contributed by atoms with E-state index in [1.165, 1.54) is 0 Å². The average Bonchev–Trinajstić information content (AvgIpc) is 2.27. The van der Waals surface area contributed by atoms with Crippen molar-refractivity contribution < 1.29 is 8.42 Å². The van der Waals surface area contributed by atoms with Crippen LogP contribution in [0.3, 0.4) is 0 Å². The fraction of sp³-hybridized carbons (Fsp3) is 1.00. The lowest BCUT2D eigenvalue weighted by atomic mass is 10.1. The van der Waals surface area contributed by atoms with Crippen LogP contribution in [0, 0.1) is 5.92 Å². The molecule has 17 heavy (non-hydrogen) atoms. The standard InChI is InChI=1S/C13H29NO2S/c1-6-9-14-13(7-2)12(5)17(15,16)10-8-11(3)4/h11-14H,6-10H2,1-5H3. The predicted octanol–water partition coefficient (Wildman–Crippen LogP) is 2.61. The van der Waals surface area contributed by atoms with E-state index in [4.69, 9.17) is 0 Å². The summed E-state index contributed by atoms with van der Waals surface area (Å²) in [4.78, 5) is 0. The molecule has 0 fully saturated rings. The number of hydrogen-bond acceptors (Lipinski definition) is 3. The molecule has 2 atom stereocenters. The smallest absolute Gasteiger partial charge is 0.154 e. The minimum Gasteiger partial charge on any atom is -0.313 e. The topological polar surface area (TPSA) is 46.2 Å². The van der Waals surface area contributed by atoms with E-state index >= 15 is 0 Å². The largest absolute Gasteiger partial charge is 0.313 e. The molecule has 0 rings (SSSR count). The van der Waals surface area contributed by atoms with Crippen molar-refractivity contribution in [3.05, 3.63) is 0 Å². The molecule has 0 aliphatic rings. The van der Waals surface area contributed by atoms with Crippen molar-refractivity contribution in [3.8, 4) is 0 Å². The van der Waals surface area contributed by atoms with Gasteiger partial charge in [0.25, 0.3) is 0 Å². The SMILES string of the molecule is CCCNC(CC)C(C)S(=O)(=O)CCC(C)C. The summed E-state index contributed by atoms with van der Waals surface area (Å²) in [7, 11) is -2.96. The first-order chi connectivity index (χ1) is 7.85. The van der Waals surface area contributed by atoms with Crippen LogP contribution in [-0.4, -0.2) is 32.0 Å². The van der Waals surface area contributed by atoms with Crippen molar-refractivity contribution in [1.29, 1.82) is 0 Å². The molecule has 2 unspecified atom stereocenters. The van der Waals surface area contributed by atoms with Gasteiger partial charge in [-0.2, -0.15) is 0 Å². The van der Waals surface area contributed by atoms with Crippen molar-refractivity contribution in [2.75, 3.05) is 12.3 Å². The zero-order valence-electron chi connectivity index (χ0n) is 12.0. The molecule has 0 heterocycles. The van der Waals surface area contributed by atoms with Crippen LogP contribution in [0.2, 0.25) is 0 Å². The highest BCUT2D eigenvalue weighted by Crippen LogP contribution is 2.13. The molecular weight excluding hydrogens is 234 g/mol. The first-order valence-electron chi connectivity index (χ1n) is 6.80. The normalized spacial score (nSPS) is 16.1. The fourth-order valence-corrected chi connectivity index (χ4v) is 3.77. The summed E-state index contributed by atoms with van der Waals surface area (Å²) in [6.45, 7) is 11.0. The van der Waals surface area contributed by atoms with E-state index in [0.717, 1.165) is 25.8 Å². The number of nitrogens with one attached hydrogen (secondary N) is 1. The van der Waals surface area contributed by atoms with Crippen LogP contribution < -0.4 is 5.32 Å². The molecule has 3 nitrogen and oxygen atoms in total. The first-order valence-corrected chi connectivity index (χ1v) is 8.51. The van der Waals surface area contributed by atoms with Gasteiger partial charge in [0.05, 0.1) is 11.0 Å². The average molecular weight is 263 g/mol. The van der Waals surface area contributed by atoms with E-state index < -0.39 is 9.84 Å². The lowest BCUT2D eigenvalue weighted by Gasteiger charge is -2.24. The Morgan fingerprint density at radius 3 is 2.12 bits per heavy atom. The molecule has 0 aliphatic carbocycles. The van der Waals surface area contributed by atoms with Crippen LogP contribution >= 0.6 is 0 Å². The van der Waals surface area contributed by atoms with Gasteiger partial charge >= 0.3 is 0 Å². The molecule has 0 aromatic heterocycles. The van der Waals surface area contributed by atoms with E-state index in [1.807, 2.05) is 13.8 Å². The second kappa shape index (κ2) is 8.09. The molecule has 0 bridgehead atoms. The van der Waals surface area contributed by atoms with Crippen molar-refractivity contribution in [2.24, 2.45) is 5.92 Å². The molecular formula is C13H29NO2S. The van der Waals surface area contributed by atoms with Crippen LogP contribution in [0.1, 0.15) is 53.9 Å². The second-order valence-electron chi connectivity index (χ2n) is 5.22. The highest BCUT2D eigenvalue weighted by Gasteiger charge is 2.27. The quantitative estimate of drug-likeness (QED) is 0.695. The molecule has 0 saturated carbocycles. The van der Waals surface area contributed by atoms with Gasteiger partial charge in [0.1, 0.15) is 0 Å². The maximum Gasteiger partial charge on any atom is 0.154 e. The van der Waals surface area contributed by atoms with Gasteiger partial charge in [-0.3, -0.25) is 0 Å². The van der Waals surface area contributed by atoms with Crippen LogP contribution in [0.25, 0.3) is 0 Å². The third-order valence-electron chi connectivity index (χ3n) is 3.21. The Morgan fingerprint density at radius 2 is 1.71 bits per heavy atom. The monoisotopic (exact) mass is 263 g/mol. The number of rotatable bonds is 9. The minimum absolute atomic E-state index is 0.0899. The van der Waals surface area contributed by atoms with E-state index in [1.54, 1.807) is 0 Å². The molecule has 0 amide bonds. The Morgan fingerprint density at radius 1 is 1.12 bits per heavy atom. The zero-order valence-corrected chi connectivity index (χ0v) is 12.8. The van der Waals surface area contributed by atoms with Crippen LogP contribution in [0.5, 0.6) is 0 Å². The van der Waals surface area contributed by atoms with Gasteiger partial charge in [0.2, 0.25) is 0 Å². The van der Waals surface area contributed by atoms with Crippen molar-refractivity contribution >= 4 is 9.84 Å². The van der Waals surface area contributed by atoms with E-state index in [0.29, 0.717) is 11.7 Å². The maximum atomic E-state index is 12.2. The van der Waals surface area contributed by atoms with Crippen molar-refractivity contribution in [2.45, 2.75) is 65.2 Å². The second-order valence-corrected chi connectivity index (χ2v) is 7.70. The summed E-state index contributed by atoms with van der Waals surface area (Å²) >= 11 is 0. The van der Waals surface area contributed by atoms with Crippen molar-refractivity contribution in [3.63, 3.8) is 0 Å². The molecule has 4 heteroatoms. The Labute approximate surface area is 107 Å². The Balaban J connectivity index is 4.46. The fourth-order valence-electron chi connectivity index (χ4n) is 1.81. The molecule has 104 valence electrons. The summed E-state index contributed by atoms with van der Waals surface area (Å²) in [6.07, 6.45) is 2.66. The van der Waals surface area contributed by atoms with Gasteiger partial charge in [0, 0.05) is 6.04 Å². The summed E-state index contributed by atoms with van der Waals surface area (Å²) in [6, 6.07) is 0.0899. The molecule has 0 aromatic rings. The molecule has 1 N–H and O–H groups in total. The molecule has 0 saturated heterocycles. The molecule has 0 aromatic carbocycles. The maximum absolute atomic E-state index is 12.2. The van der Waals surface area contributed by atoms with Gasteiger partial charge in [-0.25, -0.2) is 8.42 Å². The van der Waals surface area contributed by atoms with Crippen LogP contribution in [0.15, 0.2) is 0 Å². The van der Waals surface area contributed by atoms with E-state index in [2.05, 4.69) is 26.1 Å². The van der Waals surface area contributed by atoms with Gasteiger partial charge in [0.15, 0.2) is 9.84 Å². The van der Waals surface area contributed by atoms with Gasteiger partial charge in [-0.15, -0.1) is 0 Å². The lowest BCUT2D eigenvalue weighted by molar-refractivity contribution is 0.469. The van der Waals surface area contributed by atoms with Crippen molar-refractivity contribution in [1.82, 2.24) is 5.32 Å². The van der Waals surface area contributed by atoms with E-state index in [-0.39, 0.29) is 11.3 Å². The minimum atomic E-state index is -2.96. The number of sulfone groups is 1. The lowest BCUT2D eigenvalue weighted by Crippen LogP contribution is -2.43. The zero-order chi connectivity index (χ0) is 13.5. The van der Waals surface area contributed by atoms with Crippen LogP contribution in [-0.2, 0) is 9.84 Å². The predicted molar refractivity (Wildman–Crippen MR) is 75.1 cm³/mol. The molecule has 0 spiro atoms. The molecule has 0 radical (unpaired) electrons. The summed E-state index contributed by atoms with van der Waals surface area (Å²) in [5.41, 5.74) is 0. The third-order valence-corrected chi connectivity index (χ3v) is 5.48. The Kier molecular flexibility index (Phi) is 8.05. The highest BCUT2D eigenvalue weighted by molar-refractivity contribution is 7.92. The Hall–Kier alpha value is -0.0900. The summed E-state index contributed by atoms with van der Waals surface area (Å²) in [5, 5.41) is 3.05.